The zero-order valence-corrected chi connectivity index (χ0v) is 29.0. The Morgan fingerprint density at radius 1 is 0.800 bits per heavy atom. The molecule has 0 radical (unpaired) electrons. The van der Waals surface area contributed by atoms with Crippen molar-refractivity contribution >= 4 is 23.6 Å². The number of amides is 1. The molecule has 2 aliphatic heterocycles. The van der Waals surface area contributed by atoms with Gasteiger partial charge in [0.25, 0.3) is 0 Å². The molecule has 9 heteroatoms. The first kappa shape index (κ1) is 36.7. The second-order valence-electron chi connectivity index (χ2n) is 16.5. The molecule has 252 valence electrons. The molecule has 0 aromatic heterocycles. The molecule has 2 aliphatic rings. The highest BCUT2D eigenvalue weighted by molar-refractivity contribution is 5.99. The van der Waals surface area contributed by atoms with Gasteiger partial charge in [0.1, 0.15) is 5.78 Å². The average Bonchev–Trinajstić information content (AvgIpc) is 2.83. The highest BCUT2D eigenvalue weighted by atomic mass is 16.4. The van der Waals surface area contributed by atoms with Crippen LogP contribution in [0.2, 0.25) is 0 Å². The minimum Gasteiger partial charge on any atom is -0.480 e. The van der Waals surface area contributed by atoms with Crippen LogP contribution in [0, 0.1) is 23.2 Å². The Bertz CT molecular complexity index is 1150. The van der Waals surface area contributed by atoms with Crippen LogP contribution < -0.4 is 10.6 Å². The molecule has 2 heterocycles. The van der Waals surface area contributed by atoms with Crippen LogP contribution in [0.3, 0.4) is 0 Å². The first-order valence-corrected chi connectivity index (χ1v) is 16.4. The molecule has 1 amide bonds. The van der Waals surface area contributed by atoms with E-state index in [0.717, 1.165) is 5.56 Å². The summed E-state index contributed by atoms with van der Waals surface area (Å²) in [5.74, 6) is -4.17. The molecule has 9 nitrogen and oxygen atoms in total. The van der Waals surface area contributed by atoms with Gasteiger partial charge in [-0.15, -0.1) is 0 Å². The van der Waals surface area contributed by atoms with Gasteiger partial charge in [-0.1, -0.05) is 30.3 Å². The van der Waals surface area contributed by atoms with Crippen LogP contribution >= 0.6 is 0 Å². The quantitative estimate of drug-likeness (QED) is 0.206. The molecule has 0 bridgehead atoms. The Morgan fingerprint density at radius 2 is 1.22 bits per heavy atom. The summed E-state index contributed by atoms with van der Waals surface area (Å²) < 4.78 is 0. The van der Waals surface area contributed by atoms with Crippen LogP contribution in [0.15, 0.2) is 30.3 Å². The fraction of sp³-hybridized carbons (Fsp3) is 0.722. The summed E-state index contributed by atoms with van der Waals surface area (Å²) in [6.07, 6.45) is 2.45. The fourth-order valence-electron chi connectivity index (χ4n) is 9.23. The Hall–Kier alpha value is -2.78. The van der Waals surface area contributed by atoms with Crippen molar-refractivity contribution in [2.24, 2.45) is 23.2 Å². The maximum absolute atomic E-state index is 13.5. The number of nitrogens with zero attached hydrogens (tertiary/aromatic N) is 1. The van der Waals surface area contributed by atoms with Crippen LogP contribution in [0.4, 0.5) is 0 Å². The molecule has 1 aromatic rings. The van der Waals surface area contributed by atoms with Crippen LogP contribution in [0.25, 0.3) is 0 Å². The molecule has 0 unspecified atom stereocenters. The smallest absolute Gasteiger partial charge is 0.321 e. The molecular formula is C36H57N3O6. The normalized spacial score (nSPS) is 21.3. The van der Waals surface area contributed by atoms with Gasteiger partial charge in [0.05, 0.1) is 6.42 Å². The number of carboxylic acid groups (broad SMARTS) is 2. The topological polar surface area (TPSA) is 136 Å². The van der Waals surface area contributed by atoms with Gasteiger partial charge < -0.3 is 25.7 Å². The van der Waals surface area contributed by atoms with Crippen molar-refractivity contribution in [3.8, 4) is 0 Å². The average molecular weight is 628 g/mol. The van der Waals surface area contributed by atoms with Crippen molar-refractivity contribution < 1.29 is 29.4 Å². The van der Waals surface area contributed by atoms with Crippen molar-refractivity contribution in [1.82, 2.24) is 15.5 Å². The summed E-state index contributed by atoms with van der Waals surface area (Å²) in [4.78, 5) is 53.7. The van der Waals surface area contributed by atoms with E-state index in [9.17, 15) is 29.4 Å². The van der Waals surface area contributed by atoms with Crippen LogP contribution in [0.5, 0.6) is 0 Å². The van der Waals surface area contributed by atoms with E-state index < -0.39 is 23.3 Å². The first-order chi connectivity index (χ1) is 20.6. The van der Waals surface area contributed by atoms with Gasteiger partial charge in [0.15, 0.2) is 5.41 Å². The molecule has 0 spiro atoms. The second kappa shape index (κ2) is 13.5. The van der Waals surface area contributed by atoms with Crippen molar-refractivity contribution in [1.29, 1.82) is 0 Å². The first-order valence-electron chi connectivity index (χ1n) is 16.4. The van der Waals surface area contributed by atoms with Crippen molar-refractivity contribution in [2.75, 3.05) is 6.54 Å². The molecule has 2 fully saturated rings. The van der Waals surface area contributed by atoms with E-state index in [0.29, 0.717) is 25.7 Å². The van der Waals surface area contributed by atoms with E-state index in [1.54, 1.807) is 4.90 Å². The zero-order chi connectivity index (χ0) is 34.0. The zero-order valence-electron chi connectivity index (χ0n) is 29.0. The Balaban J connectivity index is 2.07. The molecule has 1 aromatic carbocycles. The fourth-order valence-corrected chi connectivity index (χ4v) is 9.23. The third-order valence-corrected chi connectivity index (χ3v) is 9.76. The van der Waals surface area contributed by atoms with Crippen LogP contribution in [-0.4, -0.2) is 67.4 Å². The summed E-state index contributed by atoms with van der Waals surface area (Å²) in [7, 11) is 0. The maximum atomic E-state index is 13.5. The van der Waals surface area contributed by atoms with Crippen LogP contribution in [-0.2, 0) is 25.7 Å². The number of carboxylic acids is 2. The number of carbonyl (C=O) groups excluding carboxylic acids is 2. The van der Waals surface area contributed by atoms with Gasteiger partial charge in [-0.3, -0.25) is 19.2 Å². The molecule has 0 saturated carbocycles. The number of hydrogen-bond acceptors (Lipinski definition) is 6. The van der Waals surface area contributed by atoms with Gasteiger partial charge in [0, 0.05) is 35.2 Å². The monoisotopic (exact) mass is 627 g/mol. The lowest BCUT2D eigenvalue weighted by Gasteiger charge is -2.56. The summed E-state index contributed by atoms with van der Waals surface area (Å²) in [6, 6.07) is 9.41. The number of piperidine rings is 2. The number of ketones is 1. The number of carbonyl (C=O) groups is 4. The van der Waals surface area contributed by atoms with Gasteiger partial charge in [0.2, 0.25) is 5.91 Å². The molecular weight excluding hydrogens is 570 g/mol. The predicted molar refractivity (Wildman–Crippen MR) is 176 cm³/mol. The summed E-state index contributed by atoms with van der Waals surface area (Å²) >= 11 is 0. The van der Waals surface area contributed by atoms with Crippen LogP contribution in [0.1, 0.15) is 113 Å². The van der Waals surface area contributed by atoms with E-state index >= 15 is 0 Å². The Labute approximate surface area is 269 Å². The SMILES string of the molecule is CC(=O)CC(=O)N(CCCC(C(=O)O)(C(=O)O)C(C1CC(C)(C)NC(C)(C)C1)C1CC(C)(C)NC(C)(C)C1)Cc1ccccc1. The van der Waals surface area contributed by atoms with Crippen molar-refractivity contribution in [2.45, 2.75) is 136 Å². The largest absolute Gasteiger partial charge is 0.480 e. The third-order valence-electron chi connectivity index (χ3n) is 9.76. The molecule has 45 heavy (non-hydrogen) atoms. The number of Topliss-reactive ketones (excluding diaryl/α,β-unsaturated/α-hetero) is 1. The summed E-state index contributed by atoms with van der Waals surface area (Å²) in [6.45, 7) is 18.7. The number of hydrogen-bond donors (Lipinski definition) is 4. The van der Waals surface area contributed by atoms with Gasteiger partial charge in [-0.25, -0.2) is 0 Å². The number of benzene rings is 1. The molecule has 2 saturated heterocycles. The van der Waals surface area contributed by atoms with Crippen molar-refractivity contribution in [3.63, 3.8) is 0 Å². The molecule has 4 N–H and O–H groups in total. The van der Waals surface area contributed by atoms with E-state index in [1.807, 2.05) is 30.3 Å². The number of nitrogens with one attached hydrogen (secondary N) is 2. The lowest BCUT2D eigenvalue weighted by Crippen LogP contribution is -2.65. The minimum atomic E-state index is -2.05. The number of rotatable bonds is 13. The van der Waals surface area contributed by atoms with Crippen molar-refractivity contribution in [3.05, 3.63) is 35.9 Å². The predicted octanol–water partition coefficient (Wildman–Crippen LogP) is 5.66. The standard InChI is InChI=1S/C36H57N3O6/c1-24(40)18-28(41)39(23-25-14-11-10-12-15-25)17-13-16-36(30(42)43,31(44)45)29(26-19-32(2,3)37-33(4,5)20-26)27-21-34(6,7)38-35(8,9)22-27/h10-12,14-15,26-27,29,37-38H,13,16-23H2,1-9H3,(H,42,43)(H,44,45). The lowest BCUT2D eigenvalue weighted by molar-refractivity contribution is -0.178. The highest BCUT2D eigenvalue weighted by Crippen LogP contribution is 2.54. The third kappa shape index (κ3) is 9.38. The highest BCUT2D eigenvalue weighted by Gasteiger charge is 2.60. The molecule has 0 aliphatic carbocycles. The summed E-state index contributed by atoms with van der Waals surface area (Å²) in [5, 5.41) is 29.5. The maximum Gasteiger partial charge on any atom is 0.321 e. The van der Waals surface area contributed by atoms with E-state index in [4.69, 9.17) is 0 Å². The van der Waals surface area contributed by atoms with Gasteiger partial charge in [-0.2, -0.15) is 0 Å². The lowest BCUT2D eigenvalue weighted by atomic mass is 9.53. The van der Waals surface area contributed by atoms with E-state index in [1.165, 1.54) is 6.92 Å². The molecule has 3 rings (SSSR count). The van der Waals surface area contributed by atoms with Gasteiger partial charge >= 0.3 is 11.9 Å². The van der Waals surface area contributed by atoms with Gasteiger partial charge in [-0.05, 0) is 124 Å². The second-order valence-corrected chi connectivity index (χ2v) is 16.5. The Kier molecular flexibility index (Phi) is 11.0. The number of aliphatic carboxylic acids is 2. The van der Waals surface area contributed by atoms with E-state index in [-0.39, 0.29) is 78.0 Å². The summed E-state index contributed by atoms with van der Waals surface area (Å²) in [5.41, 5.74) is -2.40. The minimum absolute atomic E-state index is 0.115. The Morgan fingerprint density at radius 3 is 1.60 bits per heavy atom. The molecule has 0 atom stereocenters. The van der Waals surface area contributed by atoms with E-state index in [2.05, 4.69) is 66.0 Å².